The Morgan fingerprint density at radius 3 is 2.69 bits per heavy atom. The fourth-order valence-corrected chi connectivity index (χ4v) is 2.51. The highest BCUT2D eigenvalue weighted by atomic mass is 16.4. The molecule has 0 aromatic rings. The van der Waals surface area contributed by atoms with Crippen LogP contribution in [0.3, 0.4) is 0 Å². The lowest BCUT2D eigenvalue weighted by molar-refractivity contribution is -0.143. The Kier molecular flexibility index (Phi) is 5.22. The fraction of sp³-hybridized carbons (Fsp3) is 0.917. The molecule has 1 aliphatic heterocycles. The molecule has 0 bridgehead atoms. The number of carbonyl (C=O) groups is 1. The lowest BCUT2D eigenvalue weighted by Crippen LogP contribution is -2.49. The molecule has 0 amide bonds. The van der Waals surface area contributed by atoms with E-state index in [4.69, 9.17) is 10.2 Å². The van der Waals surface area contributed by atoms with Crippen molar-refractivity contribution in [2.45, 2.75) is 51.6 Å². The Hall–Kier alpha value is -0.610. The molecule has 0 saturated carbocycles. The molecule has 2 N–H and O–H groups in total. The van der Waals surface area contributed by atoms with E-state index in [1.54, 1.807) is 6.92 Å². The van der Waals surface area contributed by atoms with E-state index >= 15 is 0 Å². The Morgan fingerprint density at radius 2 is 2.12 bits per heavy atom. The van der Waals surface area contributed by atoms with Crippen LogP contribution < -0.4 is 0 Å². The van der Waals surface area contributed by atoms with Crippen molar-refractivity contribution < 1.29 is 15.0 Å². The van der Waals surface area contributed by atoms with Crippen LogP contribution in [0.25, 0.3) is 0 Å². The van der Waals surface area contributed by atoms with Gasteiger partial charge in [-0.1, -0.05) is 13.3 Å². The van der Waals surface area contributed by atoms with Crippen LogP contribution in [0.5, 0.6) is 0 Å². The summed E-state index contributed by atoms with van der Waals surface area (Å²) in [6.07, 6.45) is 4.17. The zero-order chi connectivity index (χ0) is 12.1. The first-order valence-corrected chi connectivity index (χ1v) is 6.17. The molecule has 4 nitrogen and oxygen atoms in total. The van der Waals surface area contributed by atoms with E-state index in [2.05, 4.69) is 4.90 Å². The molecule has 1 saturated heterocycles. The monoisotopic (exact) mass is 229 g/mol. The number of hydrogen-bond donors (Lipinski definition) is 2. The SMILES string of the molecule is CC(C(=O)O)C(C)N1CCCCC1CCO. The van der Waals surface area contributed by atoms with Gasteiger partial charge >= 0.3 is 5.97 Å². The van der Waals surface area contributed by atoms with Crippen LogP contribution in [0.1, 0.15) is 39.5 Å². The molecule has 0 spiro atoms. The number of aliphatic carboxylic acids is 1. The highest BCUT2D eigenvalue weighted by Gasteiger charge is 2.31. The van der Waals surface area contributed by atoms with Gasteiger partial charge < -0.3 is 10.2 Å². The first-order chi connectivity index (χ1) is 7.57. The molecule has 0 radical (unpaired) electrons. The molecule has 1 aliphatic rings. The molecular formula is C12H23NO3. The lowest BCUT2D eigenvalue weighted by atomic mass is 9.93. The highest BCUT2D eigenvalue weighted by Crippen LogP contribution is 2.24. The third-order valence-electron chi connectivity index (χ3n) is 3.77. The van der Waals surface area contributed by atoms with E-state index in [0.29, 0.717) is 6.04 Å². The summed E-state index contributed by atoms with van der Waals surface area (Å²) in [6.45, 7) is 4.89. The number of nitrogens with zero attached hydrogens (tertiary/aromatic N) is 1. The summed E-state index contributed by atoms with van der Waals surface area (Å²) in [5.41, 5.74) is 0. The second-order valence-electron chi connectivity index (χ2n) is 4.77. The normalized spacial score (nSPS) is 26.3. The lowest BCUT2D eigenvalue weighted by Gasteiger charge is -2.41. The van der Waals surface area contributed by atoms with Crippen LogP contribution in [0.15, 0.2) is 0 Å². The smallest absolute Gasteiger partial charge is 0.307 e. The molecule has 0 aliphatic carbocycles. The van der Waals surface area contributed by atoms with Gasteiger partial charge in [0.05, 0.1) is 5.92 Å². The van der Waals surface area contributed by atoms with Crippen LogP contribution in [-0.4, -0.2) is 46.3 Å². The van der Waals surface area contributed by atoms with Gasteiger partial charge in [0.15, 0.2) is 0 Å². The van der Waals surface area contributed by atoms with Crippen LogP contribution in [0.2, 0.25) is 0 Å². The number of likely N-dealkylation sites (tertiary alicyclic amines) is 1. The minimum atomic E-state index is -0.735. The molecule has 94 valence electrons. The predicted octanol–water partition coefficient (Wildman–Crippen LogP) is 1.33. The third-order valence-corrected chi connectivity index (χ3v) is 3.77. The maximum atomic E-state index is 11.0. The van der Waals surface area contributed by atoms with Crippen LogP contribution in [0.4, 0.5) is 0 Å². The first-order valence-electron chi connectivity index (χ1n) is 6.17. The molecule has 1 fully saturated rings. The van der Waals surface area contributed by atoms with Crippen molar-refractivity contribution in [2.24, 2.45) is 5.92 Å². The average molecular weight is 229 g/mol. The number of hydrogen-bond acceptors (Lipinski definition) is 3. The molecule has 3 atom stereocenters. The van der Waals surface area contributed by atoms with E-state index < -0.39 is 5.97 Å². The summed E-state index contributed by atoms with van der Waals surface area (Å²) in [5, 5.41) is 18.0. The maximum absolute atomic E-state index is 11.0. The van der Waals surface area contributed by atoms with Crippen molar-refractivity contribution in [1.82, 2.24) is 4.90 Å². The van der Waals surface area contributed by atoms with Gasteiger partial charge in [-0.25, -0.2) is 0 Å². The van der Waals surface area contributed by atoms with Gasteiger partial charge in [0.2, 0.25) is 0 Å². The van der Waals surface area contributed by atoms with Crippen molar-refractivity contribution in [3.05, 3.63) is 0 Å². The van der Waals surface area contributed by atoms with E-state index in [9.17, 15) is 4.79 Å². The standard InChI is InChI=1S/C12H23NO3/c1-9(12(15)16)10(2)13-7-4-3-5-11(13)6-8-14/h9-11,14H,3-8H2,1-2H3,(H,15,16). The van der Waals surface area contributed by atoms with Gasteiger partial charge in [-0.2, -0.15) is 0 Å². The van der Waals surface area contributed by atoms with Crippen molar-refractivity contribution in [3.63, 3.8) is 0 Å². The number of aliphatic hydroxyl groups is 1. The molecule has 0 aromatic carbocycles. The van der Waals surface area contributed by atoms with Crippen molar-refractivity contribution >= 4 is 5.97 Å². The minimum Gasteiger partial charge on any atom is -0.481 e. The summed E-state index contributed by atoms with van der Waals surface area (Å²) >= 11 is 0. The number of carboxylic acids is 1. The van der Waals surface area contributed by atoms with E-state index in [1.165, 1.54) is 6.42 Å². The molecule has 16 heavy (non-hydrogen) atoms. The average Bonchev–Trinajstić information content (AvgIpc) is 2.28. The Morgan fingerprint density at radius 1 is 1.44 bits per heavy atom. The zero-order valence-electron chi connectivity index (χ0n) is 10.2. The molecular weight excluding hydrogens is 206 g/mol. The maximum Gasteiger partial charge on any atom is 0.307 e. The molecule has 4 heteroatoms. The summed E-state index contributed by atoms with van der Waals surface area (Å²) in [6, 6.07) is 0.407. The zero-order valence-corrected chi connectivity index (χ0v) is 10.2. The van der Waals surface area contributed by atoms with Crippen LogP contribution in [0, 0.1) is 5.92 Å². The second-order valence-corrected chi connectivity index (χ2v) is 4.77. The van der Waals surface area contributed by atoms with Gasteiger partial charge in [-0.05, 0) is 32.7 Å². The Labute approximate surface area is 97.3 Å². The number of aliphatic hydroxyl groups excluding tert-OH is 1. The van der Waals surface area contributed by atoms with E-state index in [0.717, 1.165) is 25.8 Å². The largest absolute Gasteiger partial charge is 0.481 e. The fourth-order valence-electron chi connectivity index (χ4n) is 2.51. The van der Waals surface area contributed by atoms with Crippen LogP contribution in [-0.2, 0) is 4.79 Å². The number of piperidine rings is 1. The Balaban J connectivity index is 2.62. The van der Waals surface area contributed by atoms with Crippen LogP contribution >= 0.6 is 0 Å². The summed E-state index contributed by atoms with van der Waals surface area (Å²) in [7, 11) is 0. The molecule has 3 unspecified atom stereocenters. The number of rotatable bonds is 5. The van der Waals surface area contributed by atoms with Gasteiger partial charge in [0.1, 0.15) is 0 Å². The van der Waals surface area contributed by atoms with Crippen molar-refractivity contribution in [2.75, 3.05) is 13.2 Å². The molecule has 0 aromatic heterocycles. The van der Waals surface area contributed by atoms with E-state index in [-0.39, 0.29) is 18.6 Å². The second kappa shape index (κ2) is 6.21. The van der Waals surface area contributed by atoms with Crippen molar-refractivity contribution in [3.8, 4) is 0 Å². The highest BCUT2D eigenvalue weighted by molar-refractivity contribution is 5.70. The van der Waals surface area contributed by atoms with Gasteiger partial charge in [-0.15, -0.1) is 0 Å². The number of carboxylic acid groups (broad SMARTS) is 1. The molecule has 1 heterocycles. The predicted molar refractivity (Wildman–Crippen MR) is 62.3 cm³/mol. The molecule has 1 rings (SSSR count). The van der Waals surface area contributed by atoms with Crippen molar-refractivity contribution in [1.29, 1.82) is 0 Å². The van der Waals surface area contributed by atoms with E-state index in [1.807, 2.05) is 6.92 Å². The first kappa shape index (κ1) is 13.5. The van der Waals surface area contributed by atoms with Gasteiger partial charge in [-0.3, -0.25) is 9.69 Å². The van der Waals surface area contributed by atoms with Gasteiger partial charge in [0.25, 0.3) is 0 Å². The minimum absolute atomic E-state index is 0.0503. The topological polar surface area (TPSA) is 60.8 Å². The van der Waals surface area contributed by atoms with Gasteiger partial charge in [0, 0.05) is 18.7 Å². The Bertz CT molecular complexity index is 230. The summed E-state index contributed by atoms with van der Waals surface area (Å²) < 4.78 is 0. The summed E-state index contributed by atoms with van der Waals surface area (Å²) in [4.78, 5) is 13.2. The summed E-state index contributed by atoms with van der Waals surface area (Å²) in [5.74, 6) is -1.08. The quantitative estimate of drug-likeness (QED) is 0.746. The third kappa shape index (κ3) is 3.19.